The molecule has 0 spiro atoms. The van der Waals surface area contributed by atoms with Gasteiger partial charge in [-0.25, -0.2) is 4.98 Å². The Morgan fingerprint density at radius 3 is 3.05 bits per heavy atom. The van der Waals surface area contributed by atoms with Crippen molar-refractivity contribution in [2.75, 3.05) is 6.54 Å². The highest BCUT2D eigenvalue weighted by Crippen LogP contribution is 2.29. The number of H-pyrrole nitrogens is 2. The molecule has 7 nitrogen and oxygen atoms in total. The van der Waals surface area contributed by atoms with E-state index in [1.807, 2.05) is 11.8 Å². The van der Waals surface area contributed by atoms with Crippen molar-refractivity contribution < 1.29 is 4.79 Å². The number of piperidine rings is 1. The van der Waals surface area contributed by atoms with Gasteiger partial charge in [-0.2, -0.15) is 10.2 Å². The van der Waals surface area contributed by atoms with Gasteiger partial charge in [-0.15, -0.1) is 0 Å². The van der Waals surface area contributed by atoms with E-state index in [1.165, 1.54) is 0 Å². The summed E-state index contributed by atoms with van der Waals surface area (Å²) in [5.74, 6) is 1.46. The number of aromatic amines is 2. The molecule has 1 aliphatic heterocycles. The minimum atomic E-state index is -0.0406. The monoisotopic (exact) mass is 260 g/mol. The first-order chi connectivity index (χ1) is 9.25. The van der Waals surface area contributed by atoms with E-state index in [4.69, 9.17) is 0 Å². The Morgan fingerprint density at radius 2 is 2.37 bits per heavy atom. The van der Waals surface area contributed by atoms with Crippen molar-refractivity contribution >= 4 is 5.91 Å². The van der Waals surface area contributed by atoms with Gasteiger partial charge in [0.05, 0.1) is 17.8 Å². The van der Waals surface area contributed by atoms with Crippen molar-refractivity contribution in [3.05, 3.63) is 29.6 Å². The minimum absolute atomic E-state index is 0.0131. The number of carbonyl (C=O) groups excluding carboxylic acids is 1. The van der Waals surface area contributed by atoms with E-state index < -0.39 is 0 Å². The minimum Gasteiger partial charge on any atom is -0.328 e. The summed E-state index contributed by atoms with van der Waals surface area (Å²) < 4.78 is 0. The van der Waals surface area contributed by atoms with Gasteiger partial charge in [-0.3, -0.25) is 15.0 Å². The van der Waals surface area contributed by atoms with Crippen LogP contribution in [0.4, 0.5) is 0 Å². The van der Waals surface area contributed by atoms with Gasteiger partial charge < -0.3 is 4.90 Å². The molecule has 19 heavy (non-hydrogen) atoms. The number of aromatic nitrogens is 5. The molecule has 0 aliphatic carbocycles. The number of nitrogens with one attached hydrogen (secondary N) is 2. The number of hydrogen-bond donors (Lipinski definition) is 2. The van der Waals surface area contributed by atoms with Crippen LogP contribution >= 0.6 is 0 Å². The molecular formula is C12H16N6O. The van der Waals surface area contributed by atoms with Gasteiger partial charge >= 0.3 is 0 Å². The molecule has 1 atom stereocenters. The van der Waals surface area contributed by atoms with Gasteiger partial charge in [0.1, 0.15) is 5.82 Å². The van der Waals surface area contributed by atoms with Crippen LogP contribution in [-0.4, -0.2) is 42.7 Å². The summed E-state index contributed by atoms with van der Waals surface area (Å²) in [6, 6.07) is -0.0406. The molecule has 0 radical (unpaired) electrons. The molecule has 0 aromatic carbocycles. The van der Waals surface area contributed by atoms with Crippen LogP contribution in [0.1, 0.15) is 47.3 Å². The summed E-state index contributed by atoms with van der Waals surface area (Å²) in [5.41, 5.74) is 0.583. The maximum absolute atomic E-state index is 12.5. The first kappa shape index (κ1) is 11.9. The lowest BCUT2D eigenvalue weighted by Gasteiger charge is -2.33. The van der Waals surface area contributed by atoms with Gasteiger partial charge in [0.2, 0.25) is 0 Å². The lowest BCUT2D eigenvalue weighted by atomic mass is 10.0. The number of rotatable bonds is 2. The van der Waals surface area contributed by atoms with Crippen LogP contribution in [0.5, 0.6) is 0 Å². The predicted octanol–water partition coefficient (Wildman–Crippen LogP) is 1.20. The molecule has 1 saturated heterocycles. The fraction of sp³-hybridized carbons (Fsp3) is 0.500. The lowest BCUT2D eigenvalue weighted by Crippen LogP contribution is -2.38. The van der Waals surface area contributed by atoms with Gasteiger partial charge in [-0.05, 0) is 26.2 Å². The van der Waals surface area contributed by atoms with E-state index in [9.17, 15) is 4.79 Å². The van der Waals surface area contributed by atoms with Crippen molar-refractivity contribution in [1.82, 2.24) is 30.3 Å². The van der Waals surface area contributed by atoms with Gasteiger partial charge in [0, 0.05) is 12.7 Å². The maximum atomic E-state index is 12.5. The van der Waals surface area contributed by atoms with Gasteiger partial charge in [0.25, 0.3) is 5.91 Å². The second kappa shape index (κ2) is 4.83. The first-order valence-electron chi connectivity index (χ1n) is 6.44. The highest BCUT2D eigenvalue weighted by molar-refractivity contribution is 5.94. The third kappa shape index (κ3) is 2.23. The summed E-state index contributed by atoms with van der Waals surface area (Å²) in [6.07, 6.45) is 6.19. The molecule has 100 valence electrons. The summed E-state index contributed by atoms with van der Waals surface area (Å²) in [4.78, 5) is 18.7. The highest BCUT2D eigenvalue weighted by Gasteiger charge is 2.31. The molecule has 0 bridgehead atoms. The Hall–Kier alpha value is -2.18. The first-order valence-corrected chi connectivity index (χ1v) is 6.44. The normalized spacial score (nSPS) is 19.6. The quantitative estimate of drug-likeness (QED) is 0.849. The molecule has 7 heteroatoms. The van der Waals surface area contributed by atoms with Gasteiger partial charge in [0.15, 0.2) is 5.82 Å². The average Bonchev–Trinajstić information content (AvgIpc) is 3.09. The Morgan fingerprint density at radius 1 is 1.47 bits per heavy atom. The van der Waals surface area contributed by atoms with Crippen molar-refractivity contribution in [2.45, 2.75) is 32.2 Å². The molecule has 3 heterocycles. The van der Waals surface area contributed by atoms with Crippen LogP contribution in [0.15, 0.2) is 12.4 Å². The summed E-state index contributed by atoms with van der Waals surface area (Å²) in [6.45, 7) is 2.60. The third-order valence-corrected chi connectivity index (χ3v) is 3.42. The molecule has 3 rings (SSSR count). The number of hydrogen-bond acceptors (Lipinski definition) is 4. The molecule has 2 N–H and O–H groups in total. The SMILES string of the molecule is Cc1nc(C2CCCCN2C(=O)c2cn[nH]c2)n[nH]1. The summed E-state index contributed by atoms with van der Waals surface area (Å²) in [5, 5.41) is 13.5. The number of aryl methyl sites for hydroxylation is 1. The second-order valence-corrected chi connectivity index (χ2v) is 4.78. The van der Waals surface area contributed by atoms with E-state index in [0.717, 1.165) is 31.6 Å². The Balaban J connectivity index is 1.87. The summed E-state index contributed by atoms with van der Waals surface area (Å²) >= 11 is 0. The van der Waals surface area contributed by atoms with Gasteiger partial charge in [-0.1, -0.05) is 0 Å². The Bertz CT molecular complexity index is 561. The van der Waals surface area contributed by atoms with Crippen molar-refractivity contribution in [2.24, 2.45) is 0 Å². The van der Waals surface area contributed by atoms with E-state index in [-0.39, 0.29) is 11.9 Å². The number of amides is 1. The van der Waals surface area contributed by atoms with E-state index >= 15 is 0 Å². The highest BCUT2D eigenvalue weighted by atomic mass is 16.2. The number of likely N-dealkylation sites (tertiary alicyclic amines) is 1. The smallest absolute Gasteiger partial charge is 0.257 e. The molecule has 1 aliphatic rings. The van der Waals surface area contributed by atoms with E-state index in [2.05, 4.69) is 25.4 Å². The van der Waals surface area contributed by atoms with Crippen molar-refractivity contribution in [1.29, 1.82) is 0 Å². The Kier molecular flexibility index (Phi) is 3.02. The summed E-state index contributed by atoms with van der Waals surface area (Å²) in [7, 11) is 0. The van der Waals surface area contributed by atoms with Crippen LogP contribution in [-0.2, 0) is 0 Å². The molecule has 2 aromatic rings. The molecule has 1 amide bonds. The standard InChI is InChI=1S/C12H16N6O/c1-8-15-11(17-16-8)10-4-2-3-5-18(10)12(19)9-6-13-14-7-9/h6-7,10H,2-5H2,1H3,(H,13,14)(H,15,16,17). The third-order valence-electron chi connectivity index (χ3n) is 3.42. The van der Waals surface area contributed by atoms with Crippen molar-refractivity contribution in [3.63, 3.8) is 0 Å². The van der Waals surface area contributed by atoms with E-state index in [0.29, 0.717) is 11.4 Å². The fourth-order valence-corrected chi connectivity index (χ4v) is 2.49. The molecule has 1 unspecified atom stereocenters. The largest absolute Gasteiger partial charge is 0.328 e. The average molecular weight is 260 g/mol. The topological polar surface area (TPSA) is 90.6 Å². The van der Waals surface area contributed by atoms with Crippen LogP contribution in [0.25, 0.3) is 0 Å². The second-order valence-electron chi connectivity index (χ2n) is 4.78. The molecule has 1 fully saturated rings. The van der Waals surface area contributed by atoms with Crippen molar-refractivity contribution in [3.8, 4) is 0 Å². The van der Waals surface area contributed by atoms with Crippen LogP contribution < -0.4 is 0 Å². The van der Waals surface area contributed by atoms with Crippen LogP contribution in [0.3, 0.4) is 0 Å². The fourth-order valence-electron chi connectivity index (χ4n) is 2.49. The zero-order valence-corrected chi connectivity index (χ0v) is 10.8. The lowest BCUT2D eigenvalue weighted by molar-refractivity contribution is 0.0600. The zero-order chi connectivity index (χ0) is 13.2. The molecule has 0 saturated carbocycles. The number of nitrogens with zero attached hydrogens (tertiary/aromatic N) is 4. The maximum Gasteiger partial charge on any atom is 0.257 e. The van der Waals surface area contributed by atoms with Crippen LogP contribution in [0, 0.1) is 6.92 Å². The predicted molar refractivity (Wildman–Crippen MR) is 67.3 cm³/mol. The Labute approximate surface area is 110 Å². The molecule has 2 aromatic heterocycles. The zero-order valence-electron chi connectivity index (χ0n) is 10.8. The number of carbonyl (C=O) groups is 1. The van der Waals surface area contributed by atoms with Crippen LogP contribution in [0.2, 0.25) is 0 Å². The molecular weight excluding hydrogens is 244 g/mol. The van der Waals surface area contributed by atoms with E-state index in [1.54, 1.807) is 12.4 Å².